The largest absolute Gasteiger partial charge is 0.343 e. The second kappa shape index (κ2) is 16.3. The Morgan fingerprint density at radius 1 is 1.07 bits per heavy atom. The SMILES string of the molecule is [C-]1=CC=CC1.[C-]1=CC=CC1.[CH2-]CCC.[Hf]. The molecule has 2 aliphatic carbocycles. The van der Waals surface area contributed by atoms with E-state index in [-0.39, 0.29) is 25.8 Å². The fourth-order valence-corrected chi connectivity index (χ4v) is 0.680. The Morgan fingerprint density at radius 3 is 1.53 bits per heavy atom. The number of hydrogen-bond donors (Lipinski definition) is 0. The molecule has 0 aliphatic heterocycles. The van der Waals surface area contributed by atoms with Crippen molar-refractivity contribution in [1.29, 1.82) is 0 Å². The van der Waals surface area contributed by atoms with Gasteiger partial charge >= 0.3 is 0 Å². The Labute approximate surface area is 114 Å². The molecule has 0 aromatic carbocycles. The molecule has 82 valence electrons. The molecular weight excluding hydrogens is 347 g/mol. The predicted molar refractivity (Wildman–Crippen MR) is 63.4 cm³/mol. The third-order valence-corrected chi connectivity index (χ3v) is 1.53. The van der Waals surface area contributed by atoms with Crippen LogP contribution in [0, 0.1) is 19.1 Å². The van der Waals surface area contributed by atoms with Gasteiger partial charge in [-0.15, -0.1) is 12.8 Å². The van der Waals surface area contributed by atoms with E-state index in [0.717, 1.165) is 19.3 Å². The van der Waals surface area contributed by atoms with Crippen LogP contribution >= 0.6 is 0 Å². The molecule has 2 rings (SSSR count). The van der Waals surface area contributed by atoms with Gasteiger partial charge in [-0.2, -0.15) is 18.6 Å². The monoisotopic (exact) mass is 367 g/mol. The predicted octanol–water partition coefficient (Wildman–Crippen LogP) is 4.23. The average molecular weight is 366 g/mol. The fraction of sp³-hybridized carbons (Fsp3) is 0.357. The third kappa shape index (κ3) is 16.5. The van der Waals surface area contributed by atoms with Crippen LogP contribution in [-0.2, 0) is 25.8 Å². The van der Waals surface area contributed by atoms with Crippen molar-refractivity contribution in [2.24, 2.45) is 0 Å². The van der Waals surface area contributed by atoms with Crippen molar-refractivity contribution < 1.29 is 25.8 Å². The number of unbranched alkanes of at least 4 members (excludes halogenated alkanes) is 1. The molecule has 0 atom stereocenters. The maximum absolute atomic E-state index is 3.60. The summed E-state index contributed by atoms with van der Waals surface area (Å²) in [5, 5.41) is 0. The Balaban J connectivity index is 0. The van der Waals surface area contributed by atoms with Crippen LogP contribution in [0.15, 0.2) is 36.5 Å². The standard InChI is InChI=1S/2C5H5.C4H9.Hf/c2*1-2-4-5-3-1;1-3-4-2;/h2*1-3H,4H2;1,3-4H2,2H3;/q3*-1;. The summed E-state index contributed by atoms with van der Waals surface area (Å²) in [5.74, 6) is 0. The Hall–Kier alpha value is -0.170. The van der Waals surface area contributed by atoms with Crippen molar-refractivity contribution in [2.45, 2.75) is 32.6 Å². The summed E-state index contributed by atoms with van der Waals surface area (Å²) in [6.45, 7) is 5.72. The van der Waals surface area contributed by atoms with Crippen LogP contribution < -0.4 is 0 Å². The van der Waals surface area contributed by atoms with Gasteiger partial charge in [0, 0.05) is 25.8 Å². The first kappa shape index (κ1) is 17.2. The summed E-state index contributed by atoms with van der Waals surface area (Å²) in [6.07, 6.45) is 22.3. The molecule has 1 heteroatoms. The minimum Gasteiger partial charge on any atom is -0.343 e. The summed E-state index contributed by atoms with van der Waals surface area (Å²) >= 11 is 0. The molecule has 15 heavy (non-hydrogen) atoms. The number of hydrogen-bond acceptors (Lipinski definition) is 0. The molecule has 0 bridgehead atoms. The van der Waals surface area contributed by atoms with Crippen molar-refractivity contribution in [3.8, 4) is 0 Å². The summed E-state index contributed by atoms with van der Waals surface area (Å²) in [5.41, 5.74) is 0. The maximum atomic E-state index is 3.60. The normalized spacial score (nSPS) is 13.7. The molecule has 0 saturated carbocycles. The van der Waals surface area contributed by atoms with Crippen LogP contribution in [0.2, 0.25) is 0 Å². The molecular formula is C14H19Hf-3. The van der Waals surface area contributed by atoms with E-state index in [1.807, 2.05) is 24.3 Å². The van der Waals surface area contributed by atoms with Gasteiger partial charge < -0.3 is 6.92 Å². The molecule has 0 heterocycles. The van der Waals surface area contributed by atoms with E-state index in [0.29, 0.717) is 0 Å². The molecule has 0 fully saturated rings. The molecule has 2 aliphatic rings. The first-order valence-corrected chi connectivity index (χ1v) is 5.14. The minimum absolute atomic E-state index is 0. The molecule has 0 amide bonds. The summed E-state index contributed by atoms with van der Waals surface area (Å²) in [4.78, 5) is 0. The van der Waals surface area contributed by atoms with Gasteiger partial charge in [0.15, 0.2) is 0 Å². The molecule has 0 radical (unpaired) electrons. The zero-order valence-corrected chi connectivity index (χ0v) is 13.1. The first-order chi connectivity index (χ1) is 6.91. The Bertz CT molecular complexity index is 165. The van der Waals surface area contributed by atoms with Crippen molar-refractivity contribution in [3.63, 3.8) is 0 Å². The van der Waals surface area contributed by atoms with E-state index in [1.165, 1.54) is 6.42 Å². The van der Waals surface area contributed by atoms with Crippen LogP contribution in [0.3, 0.4) is 0 Å². The molecule has 0 aromatic rings. The Morgan fingerprint density at radius 2 is 1.47 bits per heavy atom. The quantitative estimate of drug-likeness (QED) is 0.482. The topological polar surface area (TPSA) is 0 Å². The van der Waals surface area contributed by atoms with Crippen molar-refractivity contribution >= 4 is 0 Å². The molecule has 0 N–H and O–H groups in total. The van der Waals surface area contributed by atoms with Gasteiger partial charge in [-0.25, -0.2) is 24.3 Å². The van der Waals surface area contributed by atoms with E-state index in [1.54, 1.807) is 0 Å². The zero-order chi connectivity index (χ0) is 10.5. The average Bonchev–Trinajstić information content (AvgIpc) is 2.94. The smallest absolute Gasteiger partial charge is 0 e. The van der Waals surface area contributed by atoms with Crippen molar-refractivity contribution in [2.75, 3.05) is 0 Å². The summed E-state index contributed by atoms with van der Waals surface area (Å²) < 4.78 is 0. The maximum Gasteiger partial charge on any atom is 0 e. The molecule has 0 spiro atoms. The van der Waals surface area contributed by atoms with E-state index < -0.39 is 0 Å². The fourth-order valence-electron chi connectivity index (χ4n) is 0.680. The van der Waals surface area contributed by atoms with Crippen molar-refractivity contribution in [3.05, 3.63) is 55.5 Å². The number of rotatable bonds is 1. The van der Waals surface area contributed by atoms with E-state index >= 15 is 0 Å². The summed E-state index contributed by atoms with van der Waals surface area (Å²) in [7, 11) is 0. The van der Waals surface area contributed by atoms with E-state index in [2.05, 4.69) is 38.2 Å². The van der Waals surface area contributed by atoms with Crippen LogP contribution in [0.5, 0.6) is 0 Å². The second-order valence-electron chi connectivity index (χ2n) is 2.86. The van der Waals surface area contributed by atoms with E-state index in [4.69, 9.17) is 0 Å². The molecule has 0 aromatic heterocycles. The van der Waals surface area contributed by atoms with Crippen LogP contribution in [0.1, 0.15) is 32.6 Å². The Kier molecular flexibility index (Phi) is 18.7. The molecule has 0 saturated heterocycles. The van der Waals surface area contributed by atoms with Gasteiger partial charge in [0.2, 0.25) is 0 Å². The van der Waals surface area contributed by atoms with Gasteiger partial charge in [0.05, 0.1) is 0 Å². The molecule has 0 unspecified atom stereocenters. The molecule has 0 nitrogen and oxygen atoms in total. The zero-order valence-electron chi connectivity index (χ0n) is 9.50. The second-order valence-corrected chi connectivity index (χ2v) is 2.86. The van der Waals surface area contributed by atoms with Crippen LogP contribution in [0.4, 0.5) is 0 Å². The van der Waals surface area contributed by atoms with Crippen molar-refractivity contribution in [1.82, 2.24) is 0 Å². The van der Waals surface area contributed by atoms with Gasteiger partial charge in [-0.3, -0.25) is 12.2 Å². The van der Waals surface area contributed by atoms with Gasteiger partial charge in [0.1, 0.15) is 0 Å². The summed E-state index contributed by atoms with van der Waals surface area (Å²) in [6, 6.07) is 0. The van der Waals surface area contributed by atoms with Crippen LogP contribution in [-0.4, -0.2) is 0 Å². The number of allylic oxidation sites excluding steroid dienone is 8. The third-order valence-electron chi connectivity index (χ3n) is 1.53. The van der Waals surface area contributed by atoms with Crippen LogP contribution in [0.25, 0.3) is 0 Å². The van der Waals surface area contributed by atoms with E-state index in [9.17, 15) is 0 Å². The minimum atomic E-state index is 0. The van der Waals surface area contributed by atoms with Gasteiger partial charge in [-0.05, 0) is 0 Å². The van der Waals surface area contributed by atoms with Gasteiger partial charge in [0.25, 0.3) is 0 Å². The first-order valence-electron chi connectivity index (χ1n) is 5.14. The van der Waals surface area contributed by atoms with Gasteiger partial charge in [-0.1, -0.05) is 13.3 Å².